The second kappa shape index (κ2) is 8.92. The lowest BCUT2D eigenvalue weighted by atomic mass is 10.2. The molecule has 6 nitrogen and oxygen atoms in total. The van der Waals surface area contributed by atoms with E-state index in [2.05, 4.69) is 21.9 Å². The van der Waals surface area contributed by atoms with E-state index in [0.29, 0.717) is 10.4 Å². The number of benzene rings is 3. The van der Waals surface area contributed by atoms with Crippen LogP contribution in [0.5, 0.6) is 5.75 Å². The molecule has 170 valence electrons. The minimum absolute atomic E-state index is 0.296. The van der Waals surface area contributed by atoms with Crippen LogP contribution >= 0.6 is 0 Å². The highest BCUT2D eigenvalue weighted by molar-refractivity contribution is 7.90. The number of para-hydroxylation sites is 1. The first-order chi connectivity index (χ1) is 16.1. The maximum atomic E-state index is 13.7. The summed E-state index contributed by atoms with van der Waals surface area (Å²) in [4.78, 5) is 4.87. The predicted molar refractivity (Wildman–Crippen MR) is 131 cm³/mol. The van der Waals surface area contributed by atoms with Crippen molar-refractivity contribution in [2.45, 2.75) is 11.4 Å². The van der Waals surface area contributed by atoms with Crippen LogP contribution in [0.1, 0.15) is 5.56 Å². The molecule has 0 aliphatic carbocycles. The molecule has 0 saturated carbocycles. The van der Waals surface area contributed by atoms with Gasteiger partial charge in [-0.05, 0) is 42.0 Å². The molecule has 3 aromatic carbocycles. The Bertz CT molecular complexity index is 1360. The van der Waals surface area contributed by atoms with E-state index >= 15 is 0 Å². The summed E-state index contributed by atoms with van der Waals surface area (Å²) >= 11 is 0. The summed E-state index contributed by atoms with van der Waals surface area (Å²) in [6.45, 7) is 4.06. The smallest absolute Gasteiger partial charge is 0.269 e. The maximum Gasteiger partial charge on any atom is 0.269 e. The number of aromatic nitrogens is 1. The third kappa shape index (κ3) is 4.21. The summed E-state index contributed by atoms with van der Waals surface area (Å²) in [5, 5.41) is 0.922. The van der Waals surface area contributed by atoms with Gasteiger partial charge in [-0.2, -0.15) is 0 Å². The van der Waals surface area contributed by atoms with E-state index in [1.807, 2.05) is 48.5 Å². The van der Waals surface area contributed by atoms with Gasteiger partial charge in [0.2, 0.25) is 0 Å². The number of hydrogen-bond acceptors (Lipinski definition) is 5. The number of anilines is 1. The highest BCUT2D eigenvalue weighted by Crippen LogP contribution is 2.32. The Balaban J connectivity index is 1.42. The van der Waals surface area contributed by atoms with Crippen molar-refractivity contribution in [3.63, 3.8) is 0 Å². The quantitative estimate of drug-likeness (QED) is 0.431. The van der Waals surface area contributed by atoms with Gasteiger partial charge >= 0.3 is 0 Å². The molecule has 0 unspecified atom stereocenters. The Kier molecular flexibility index (Phi) is 5.83. The molecular weight excluding hydrogens is 434 g/mol. The molecule has 1 saturated heterocycles. The first-order valence-corrected chi connectivity index (χ1v) is 12.5. The molecule has 5 rings (SSSR count). The summed E-state index contributed by atoms with van der Waals surface area (Å²) in [6, 6.07) is 26.5. The lowest BCUT2D eigenvalue weighted by Gasteiger charge is -2.36. The van der Waals surface area contributed by atoms with Gasteiger partial charge in [0.05, 0.1) is 17.5 Å². The molecule has 7 heteroatoms. The average molecular weight is 462 g/mol. The van der Waals surface area contributed by atoms with Crippen LogP contribution in [0.25, 0.3) is 10.9 Å². The largest absolute Gasteiger partial charge is 0.497 e. The average Bonchev–Trinajstić information content (AvgIpc) is 3.26. The fourth-order valence-electron chi connectivity index (χ4n) is 4.45. The van der Waals surface area contributed by atoms with Gasteiger partial charge in [0.1, 0.15) is 11.6 Å². The zero-order valence-electron chi connectivity index (χ0n) is 18.6. The second-order valence-electron chi connectivity index (χ2n) is 8.26. The van der Waals surface area contributed by atoms with Crippen molar-refractivity contribution in [3.05, 3.63) is 90.5 Å². The SMILES string of the molecule is COc1cccc(CN2CCN(c3cc4ccccc4n3S(=O)(=O)c3ccccc3)CC2)c1. The minimum atomic E-state index is -3.72. The van der Waals surface area contributed by atoms with E-state index in [0.717, 1.165) is 49.7 Å². The van der Waals surface area contributed by atoms with Crippen molar-refractivity contribution in [2.24, 2.45) is 0 Å². The first kappa shape index (κ1) is 21.6. The van der Waals surface area contributed by atoms with Crippen molar-refractivity contribution >= 4 is 26.7 Å². The number of rotatable bonds is 6. The Morgan fingerprint density at radius 2 is 1.55 bits per heavy atom. The molecule has 0 radical (unpaired) electrons. The Hall–Kier alpha value is -3.29. The van der Waals surface area contributed by atoms with Crippen LogP contribution in [-0.4, -0.2) is 50.6 Å². The van der Waals surface area contributed by atoms with Crippen molar-refractivity contribution in [1.82, 2.24) is 8.87 Å². The van der Waals surface area contributed by atoms with Gasteiger partial charge < -0.3 is 9.64 Å². The van der Waals surface area contributed by atoms with Crippen LogP contribution in [0.15, 0.2) is 89.8 Å². The molecule has 1 aliphatic rings. The van der Waals surface area contributed by atoms with Crippen LogP contribution in [0.3, 0.4) is 0 Å². The molecule has 0 N–H and O–H groups in total. The Morgan fingerprint density at radius 3 is 2.30 bits per heavy atom. The topological polar surface area (TPSA) is 54.8 Å². The van der Waals surface area contributed by atoms with Crippen LogP contribution in [0.4, 0.5) is 5.82 Å². The number of piperazine rings is 1. The standard InChI is InChI=1S/C26H27N3O3S/c1-32-23-10-7-8-21(18-23)20-27-14-16-28(17-15-27)26-19-22-9-5-6-13-25(22)29(26)33(30,31)24-11-3-2-4-12-24/h2-13,18-19H,14-17,20H2,1H3. The maximum absolute atomic E-state index is 13.7. The van der Waals surface area contributed by atoms with Gasteiger partial charge in [-0.1, -0.05) is 48.5 Å². The summed E-state index contributed by atoms with van der Waals surface area (Å²) in [7, 11) is -2.04. The zero-order chi connectivity index (χ0) is 22.8. The van der Waals surface area contributed by atoms with Crippen molar-refractivity contribution in [1.29, 1.82) is 0 Å². The molecule has 0 bridgehead atoms. The van der Waals surface area contributed by atoms with Crippen LogP contribution in [-0.2, 0) is 16.6 Å². The first-order valence-electron chi connectivity index (χ1n) is 11.1. The minimum Gasteiger partial charge on any atom is -0.497 e. The highest BCUT2D eigenvalue weighted by Gasteiger charge is 2.27. The number of methoxy groups -OCH3 is 1. The summed E-state index contributed by atoms with van der Waals surface area (Å²) in [5.74, 6) is 1.59. The van der Waals surface area contributed by atoms with Crippen LogP contribution < -0.4 is 9.64 Å². The van der Waals surface area contributed by atoms with E-state index in [9.17, 15) is 8.42 Å². The Morgan fingerprint density at radius 1 is 0.818 bits per heavy atom. The fourth-order valence-corrected chi connectivity index (χ4v) is 6.00. The van der Waals surface area contributed by atoms with Gasteiger partial charge in [-0.3, -0.25) is 4.90 Å². The fraction of sp³-hybridized carbons (Fsp3) is 0.231. The normalized spacial score (nSPS) is 15.1. The molecule has 1 aromatic heterocycles. The van der Waals surface area contributed by atoms with Crippen LogP contribution in [0, 0.1) is 0 Å². The molecule has 0 spiro atoms. The third-order valence-corrected chi connectivity index (χ3v) is 7.90. The van der Waals surface area contributed by atoms with Crippen molar-refractivity contribution < 1.29 is 13.2 Å². The Labute approximate surface area is 194 Å². The highest BCUT2D eigenvalue weighted by atomic mass is 32.2. The van der Waals surface area contributed by atoms with E-state index in [-0.39, 0.29) is 0 Å². The predicted octanol–water partition coefficient (Wildman–Crippen LogP) is 4.21. The number of ether oxygens (including phenoxy) is 1. The van der Waals surface area contributed by atoms with Gasteiger partial charge in [0.25, 0.3) is 10.0 Å². The molecule has 4 aromatic rings. The molecule has 2 heterocycles. The van der Waals surface area contributed by atoms with Gasteiger partial charge in [-0.15, -0.1) is 0 Å². The molecule has 0 atom stereocenters. The van der Waals surface area contributed by atoms with Gasteiger partial charge in [-0.25, -0.2) is 12.4 Å². The van der Waals surface area contributed by atoms with Gasteiger partial charge in [0, 0.05) is 38.1 Å². The monoisotopic (exact) mass is 461 g/mol. The van der Waals surface area contributed by atoms with Crippen molar-refractivity contribution in [2.75, 3.05) is 38.2 Å². The molecular formula is C26H27N3O3S. The third-order valence-electron chi connectivity index (χ3n) is 6.17. The zero-order valence-corrected chi connectivity index (χ0v) is 19.4. The van der Waals surface area contributed by atoms with E-state index < -0.39 is 10.0 Å². The number of fused-ring (bicyclic) bond motifs is 1. The number of nitrogens with zero attached hydrogens (tertiary/aromatic N) is 3. The lowest BCUT2D eigenvalue weighted by Crippen LogP contribution is -2.46. The van der Waals surface area contributed by atoms with E-state index in [1.54, 1.807) is 31.4 Å². The summed E-state index contributed by atoms with van der Waals surface area (Å²) in [6.07, 6.45) is 0. The van der Waals surface area contributed by atoms with E-state index in [1.165, 1.54) is 9.54 Å². The molecule has 1 aliphatic heterocycles. The van der Waals surface area contributed by atoms with E-state index in [4.69, 9.17) is 4.74 Å². The van der Waals surface area contributed by atoms with Crippen molar-refractivity contribution in [3.8, 4) is 5.75 Å². The second-order valence-corrected chi connectivity index (χ2v) is 10.0. The molecule has 1 fully saturated rings. The summed E-state index contributed by atoms with van der Waals surface area (Å²) in [5.41, 5.74) is 1.92. The van der Waals surface area contributed by atoms with Gasteiger partial charge in [0.15, 0.2) is 0 Å². The lowest BCUT2D eigenvalue weighted by molar-refractivity contribution is 0.249. The molecule has 0 amide bonds. The number of hydrogen-bond donors (Lipinski definition) is 0. The van der Waals surface area contributed by atoms with Crippen LogP contribution in [0.2, 0.25) is 0 Å². The molecule has 33 heavy (non-hydrogen) atoms. The summed E-state index contributed by atoms with van der Waals surface area (Å²) < 4.78 is 34.2.